The number of nitrogens with one attached hydrogen (secondary N) is 1. The van der Waals surface area contributed by atoms with Crippen LogP contribution in [0.25, 0.3) is 0 Å². The summed E-state index contributed by atoms with van der Waals surface area (Å²) >= 11 is 0. The number of morpholine rings is 1. The summed E-state index contributed by atoms with van der Waals surface area (Å²) in [7, 11) is 1.91. The van der Waals surface area contributed by atoms with Crippen molar-refractivity contribution in [3.63, 3.8) is 0 Å². The summed E-state index contributed by atoms with van der Waals surface area (Å²) in [5.41, 5.74) is 0. The lowest BCUT2D eigenvalue weighted by molar-refractivity contribution is 0.0409. The average Bonchev–Trinajstić information content (AvgIpc) is 2.39. The van der Waals surface area contributed by atoms with Crippen molar-refractivity contribution in [3.05, 3.63) is 0 Å². The number of rotatable bonds is 1. The van der Waals surface area contributed by atoms with E-state index < -0.39 is 0 Å². The molecule has 2 aliphatic heterocycles. The maximum absolute atomic E-state index is 12.2. The molecule has 2 heterocycles. The highest BCUT2D eigenvalue weighted by molar-refractivity contribution is 5.85. The largest absolute Gasteiger partial charge is 0.378 e. The van der Waals surface area contributed by atoms with E-state index in [0.29, 0.717) is 19.3 Å². The van der Waals surface area contributed by atoms with Crippen LogP contribution in [0.1, 0.15) is 12.8 Å². The van der Waals surface area contributed by atoms with Crippen LogP contribution in [0.4, 0.5) is 4.79 Å². The Kier molecular flexibility index (Phi) is 6.02. The van der Waals surface area contributed by atoms with E-state index >= 15 is 0 Å². The second kappa shape index (κ2) is 7.03. The minimum Gasteiger partial charge on any atom is -0.378 e. The van der Waals surface area contributed by atoms with Crippen molar-refractivity contribution in [2.75, 3.05) is 46.4 Å². The Labute approximate surface area is 109 Å². The van der Waals surface area contributed by atoms with Crippen LogP contribution in [-0.2, 0) is 4.74 Å². The number of carbonyl (C=O) groups is 1. The second-order valence-corrected chi connectivity index (χ2v) is 4.49. The smallest absolute Gasteiger partial charge is 0.320 e. The van der Waals surface area contributed by atoms with Crippen molar-refractivity contribution in [2.24, 2.45) is 0 Å². The second-order valence-electron chi connectivity index (χ2n) is 4.49. The third-order valence-corrected chi connectivity index (χ3v) is 3.40. The van der Waals surface area contributed by atoms with E-state index in [1.165, 1.54) is 0 Å². The minimum atomic E-state index is 0. The molecule has 0 spiro atoms. The van der Waals surface area contributed by atoms with Crippen molar-refractivity contribution in [1.82, 2.24) is 15.1 Å². The Morgan fingerprint density at radius 2 is 2.12 bits per heavy atom. The van der Waals surface area contributed by atoms with Gasteiger partial charge in [-0.25, -0.2) is 4.79 Å². The summed E-state index contributed by atoms with van der Waals surface area (Å²) in [6.07, 6.45) is 2.27. The fourth-order valence-electron chi connectivity index (χ4n) is 2.30. The Hall–Kier alpha value is -0.520. The number of urea groups is 1. The van der Waals surface area contributed by atoms with Gasteiger partial charge in [0.05, 0.1) is 13.2 Å². The summed E-state index contributed by atoms with van der Waals surface area (Å²) in [6.45, 7) is 4.79. The van der Waals surface area contributed by atoms with Gasteiger partial charge in [0, 0.05) is 32.7 Å². The highest BCUT2D eigenvalue weighted by atomic mass is 35.5. The number of likely N-dealkylation sites (N-methyl/N-ethyl adjacent to an activating group) is 1. The van der Waals surface area contributed by atoms with Crippen LogP contribution in [0.2, 0.25) is 0 Å². The quantitative estimate of drug-likeness (QED) is 0.751. The lowest BCUT2D eigenvalue weighted by Gasteiger charge is -2.36. The molecule has 0 aromatic heterocycles. The molecular weight excluding hydrogens is 242 g/mol. The molecule has 2 rings (SSSR count). The number of halogens is 1. The van der Waals surface area contributed by atoms with Gasteiger partial charge in [-0.15, -0.1) is 12.4 Å². The molecule has 2 fully saturated rings. The number of piperidine rings is 1. The monoisotopic (exact) mass is 263 g/mol. The van der Waals surface area contributed by atoms with Gasteiger partial charge in [-0.1, -0.05) is 0 Å². The highest BCUT2D eigenvalue weighted by Crippen LogP contribution is 2.11. The average molecular weight is 264 g/mol. The maximum atomic E-state index is 12.2. The SMILES string of the molecule is CN(C(=O)N1CCOCC1)[C@H]1CCCNC1.Cl. The van der Waals surface area contributed by atoms with Crippen LogP contribution < -0.4 is 5.32 Å². The first-order chi connectivity index (χ1) is 7.79. The van der Waals surface area contributed by atoms with Gasteiger partial charge in [-0.3, -0.25) is 0 Å². The summed E-state index contributed by atoms with van der Waals surface area (Å²) in [5.74, 6) is 0. The number of hydrogen-bond acceptors (Lipinski definition) is 3. The van der Waals surface area contributed by atoms with Gasteiger partial charge in [0.2, 0.25) is 0 Å². The van der Waals surface area contributed by atoms with E-state index in [-0.39, 0.29) is 18.4 Å². The van der Waals surface area contributed by atoms with Crippen LogP contribution in [0, 0.1) is 0 Å². The molecule has 1 atom stereocenters. The van der Waals surface area contributed by atoms with Crippen molar-refractivity contribution in [1.29, 1.82) is 0 Å². The first kappa shape index (κ1) is 14.5. The van der Waals surface area contributed by atoms with Crippen molar-refractivity contribution in [3.8, 4) is 0 Å². The third-order valence-electron chi connectivity index (χ3n) is 3.40. The van der Waals surface area contributed by atoms with Gasteiger partial charge in [-0.2, -0.15) is 0 Å². The van der Waals surface area contributed by atoms with Crippen LogP contribution >= 0.6 is 12.4 Å². The Morgan fingerprint density at radius 3 is 2.71 bits per heavy atom. The van der Waals surface area contributed by atoms with Crippen molar-refractivity contribution in [2.45, 2.75) is 18.9 Å². The van der Waals surface area contributed by atoms with E-state index in [9.17, 15) is 4.79 Å². The molecule has 0 unspecified atom stereocenters. The molecule has 0 saturated carbocycles. The fraction of sp³-hybridized carbons (Fsp3) is 0.909. The molecule has 6 heteroatoms. The lowest BCUT2D eigenvalue weighted by atomic mass is 10.1. The van der Waals surface area contributed by atoms with Gasteiger partial charge in [-0.05, 0) is 19.4 Å². The predicted molar refractivity (Wildman–Crippen MR) is 68.7 cm³/mol. The fourth-order valence-corrected chi connectivity index (χ4v) is 2.30. The van der Waals surface area contributed by atoms with Crippen molar-refractivity contribution >= 4 is 18.4 Å². The Morgan fingerprint density at radius 1 is 1.41 bits per heavy atom. The zero-order valence-electron chi connectivity index (χ0n) is 10.4. The van der Waals surface area contributed by atoms with E-state index in [1.807, 2.05) is 16.8 Å². The normalized spacial score (nSPS) is 25.0. The molecular formula is C11H22ClN3O2. The van der Waals surface area contributed by atoms with Gasteiger partial charge in [0.25, 0.3) is 0 Å². The van der Waals surface area contributed by atoms with Gasteiger partial charge >= 0.3 is 6.03 Å². The molecule has 0 aromatic carbocycles. The number of carbonyl (C=O) groups excluding carboxylic acids is 1. The lowest BCUT2D eigenvalue weighted by Crippen LogP contribution is -2.53. The first-order valence-corrected chi connectivity index (χ1v) is 6.09. The van der Waals surface area contributed by atoms with Crippen LogP contribution in [-0.4, -0.2) is 68.3 Å². The summed E-state index contributed by atoms with van der Waals surface area (Å²) in [4.78, 5) is 15.9. The maximum Gasteiger partial charge on any atom is 0.320 e. The number of hydrogen-bond donors (Lipinski definition) is 1. The molecule has 2 saturated heterocycles. The van der Waals surface area contributed by atoms with Crippen molar-refractivity contribution < 1.29 is 9.53 Å². The topological polar surface area (TPSA) is 44.8 Å². The third kappa shape index (κ3) is 3.72. The van der Waals surface area contributed by atoms with E-state index in [2.05, 4.69) is 5.32 Å². The molecule has 0 bridgehead atoms. The Balaban J connectivity index is 0.00000144. The van der Waals surface area contributed by atoms with E-state index in [1.54, 1.807) is 0 Å². The Bertz CT molecular complexity index is 241. The van der Waals surface area contributed by atoms with E-state index in [4.69, 9.17) is 4.74 Å². The molecule has 0 aromatic rings. The zero-order chi connectivity index (χ0) is 11.4. The molecule has 1 N–H and O–H groups in total. The summed E-state index contributed by atoms with van der Waals surface area (Å²) in [5, 5.41) is 3.34. The van der Waals surface area contributed by atoms with Gasteiger partial charge in [0.1, 0.15) is 0 Å². The van der Waals surface area contributed by atoms with Gasteiger partial charge in [0.15, 0.2) is 0 Å². The summed E-state index contributed by atoms with van der Waals surface area (Å²) in [6, 6.07) is 0.501. The van der Waals surface area contributed by atoms with Gasteiger partial charge < -0.3 is 19.9 Å². The molecule has 2 aliphatic rings. The van der Waals surface area contributed by atoms with Crippen LogP contribution in [0.5, 0.6) is 0 Å². The number of ether oxygens (including phenoxy) is 1. The van der Waals surface area contributed by atoms with Crippen LogP contribution in [0.15, 0.2) is 0 Å². The molecule has 2 amide bonds. The molecule has 0 aliphatic carbocycles. The number of amides is 2. The minimum absolute atomic E-state index is 0. The standard InChI is InChI=1S/C11H21N3O2.ClH/c1-13(10-3-2-4-12-9-10)11(15)14-5-7-16-8-6-14;/h10,12H,2-9H2,1H3;1H/t10-;/m0./s1. The predicted octanol–water partition coefficient (Wildman–Crippen LogP) is 0.544. The zero-order valence-corrected chi connectivity index (χ0v) is 11.2. The highest BCUT2D eigenvalue weighted by Gasteiger charge is 2.26. The van der Waals surface area contributed by atoms with E-state index in [0.717, 1.165) is 39.0 Å². The number of nitrogens with zero attached hydrogens (tertiary/aromatic N) is 2. The van der Waals surface area contributed by atoms with Crippen LogP contribution in [0.3, 0.4) is 0 Å². The molecule has 0 radical (unpaired) electrons. The molecule has 100 valence electrons. The molecule has 5 nitrogen and oxygen atoms in total. The molecule has 17 heavy (non-hydrogen) atoms. The first-order valence-electron chi connectivity index (χ1n) is 6.09. The summed E-state index contributed by atoms with van der Waals surface area (Å²) < 4.78 is 5.25.